The molecule has 0 aliphatic carbocycles. The number of ether oxygens (including phenoxy) is 2. The zero-order chi connectivity index (χ0) is 22.2. The normalized spacial score (nSPS) is 11.3. The maximum absolute atomic E-state index is 13.0. The molecule has 0 bridgehead atoms. The SMILES string of the molecule is CCOc1ccccc1NC(=O)c1ccc(OC(C)C(=O)Nc2ccc(F)cc2)cc1. The quantitative estimate of drug-likeness (QED) is 0.542. The number of halogens is 1. The molecule has 0 aliphatic rings. The van der Waals surface area contributed by atoms with Gasteiger partial charge in [0.25, 0.3) is 11.8 Å². The van der Waals surface area contributed by atoms with Crippen LogP contribution in [0.2, 0.25) is 0 Å². The molecular formula is C24H23FN2O4. The molecule has 3 aromatic carbocycles. The largest absolute Gasteiger partial charge is 0.492 e. The monoisotopic (exact) mass is 422 g/mol. The van der Waals surface area contributed by atoms with E-state index in [1.165, 1.54) is 24.3 Å². The molecule has 0 radical (unpaired) electrons. The molecule has 0 saturated carbocycles. The Morgan fingerprint density at radius 3 is 2.29 bits per heavy atom. The fourth-order valence-electron chi connectivity index (χ4n) is 2.77. The van der Waals surface area contributed by atoms with Crippen LogP contribution in [-0.4, -0.2) is 24.5 Å². The summed E-state index contributed by atoms with van der Waals surface area (Å²) in [6.45, 7) is 3.97. The minimum absolute atomic E-state index is 0.291. The van der Waals surface area contributed by atoms with E-state index in [1.54, 1.807) is 43.3 Å². The van der Waals surface area contributed by atoms with Crippen molar-refractivity contribution in [2.45, 2.75) is 20.0 Å². The van der Waals surface area contributed by atoms with E-state index in [9.17, 15) is 14.0 Å². The molecule has 2 N–H and O–H groups in total. The van der Waals surface area contributed by atoms with Crippen molar-refractivity contribution in [3.8, 4) is 11.5 Å². The van der Waals surface area contributed by atoms with Crippen LogP contribution in [0.1, 0.15) is 24.2 Å². The first kappa shape index (κ1) is 21.8. The van der Waals surface area contributed by atoms with Gasteiger partial charge in [-0.3, -0.25) is 9.59 Å². The Hall–Kier alpha value is -3.87. The molecule has 1 atom stereocenters. The van der Waals surface area contributed by atoms with Gasteiger partial charge in [-0.25, -0.2) is 4.39 Å². The van der Waals surface area contributed by atoms with Gasteiger partial charge in [0.15, 0.2) is 6.10 Å². The Kier molecular flexibility index (Phi) is 7.22. The third-order valence-electron chi connectivity index (χ3n) is 4.35. The molecule has 3 rings (SSSR count). The zero-order valence-electron chi connectivity index (χ0n) is 17.2. The van der Waals surface area contributed by atoms with Gasteiger partial charge in [0, 0.05) is 11.3 Å². The number of carbonyl (C=O) groups is 2. The highest BCUT2D eigenvalue weighted by Crippen LogP contribution is 2.24. The summed E-state index contributed by atoms with van der Waals surface area (Å²) in [5.41, 5.74) is 1.49. The second-order valence-corrected chi connectivity index (χ2v) is 6.66. The van der Waals surface area contributed by atoms with E-state index < -0.39 is 6.10 Å². The number of hydrogen-bond donors (Lipinski definition) is 2. The zero-order valence-corrected chi connectivity index (χ0v) is 17.2. The summed E-state index contributed by atoms with van der Waals surface area (Å²) in [6, 6.07) is 19.1. The van der Waals surface area contributed by atoms with E-state index in [0.717, 1.165) is 0 Å². The van der Waals surface area contributed by atoms with Crippen molar-refractivity contribution < 1.29 is 23.5 Å². The summed E-state index contributed by atoms with van der Waals surface area (Å²) in [5.74, 6) is -0.0121. The fraction of sp³-hybridized carbons (Fsp3) is 0.167. The average molecular weight is 422 g/mol. The van der Waals surface area contributed by atoms with E-state index >= 15 is 0 Å². The lowest BCUT2D eigenvalue weighted by Crippen LogP contribution is -2.30. The van der Waals surface area contributed by atoms with Crippen LogP contribution in [0.3, 0.4) is 0 Å². The highest BCUT2D eigenvalue weighted by molar-refractivity contribution is 6.05. The highest BCUT2D eigenvalue weighted by atomic mass is 19.1. The predicted molar refractivity (Wildman–Crippen MR) is 117 cm³/mol. The molecule has 6 nitrogen and oxygen atoms in total. The van der Waals surface area contributed by atoms with Crippen LogP contribution in [0.15, 0.2) is 72.8 Å². The lowest BCUT2D eigenvalue weighted by atomic mass is 10.2. The molecule has 3 aromatic rings. The Morgan fingerprint density at radius 1 is 0.935 bits per heavy atom. The predicted octanol–water partition coefficient (Wildman–Crippen LogP) is 4.88. The first-order valence-corrected chi connectivity index (χ1v) is 9.82. The van der Waals surface area contributed by atoms with Crippen molar-refractivity contribution in [2.24, 2.45) is 0 Å². The smallest absolute Gasteiger partial charge is 0.265 e. The number of nitrogens with one attached hydrogen (secondary N) is 2. The van der Waals surface area contributed by atoms with E-state index in [-0.39, 0.29) is 17.6 Å². The van der Waals surface area contributed by atoms with Gasteiger partial charge in [-0.2, -0.15) is 0 Å². The molecule has 7 heteroatoms. The lowest BCUT2D eigenvalue weighted by molar-refractivity contribution is -0.122. The number of anilines is 2. The molecule has 0 fully saturated rings. The Bertz CT molecular complexity index is 1040. The van der Waals surface area contributed by atoms with E-state index in [4.69, 9.17) is 9.47 Å². The number of rotatable bonds is 8. The molecule has 1 unspecified atom stereocenters. The lowest BCUT2D eigenvalue weighted by Gasteiger charge is -2.15. The van der Waals surface area contributed by atoms with Crippen molar-refractivity contribution in [1.82, 2.24) is 0 Å². The van der Waals surface area contributed by atoms with Gasteiger partial charge in [-0.1, -0.05) is 12.1 Å². The molecule has 0 heterocycles. The van der Waals surface area contributed by atoms with Crippen LogP contribution in [-0.2, 0) is 4.79 Å². The van der Waals surface area contributed by atoms with Crippen LogP contribution in [0.5, 0.6) is 11.5 Å². The molecule has 31 heavy (non-hydrogen) atoms. The minimum Gasteiger partial charge on any atom is -0.492 e. The summed E-state index contributed by atoms with van der Waals surface area (Å²) >= 11 is 0. The topological polar surface area (TPSA) is 76.7 Å². The van der Waals surface area contributed by atoms with E-state index in [2.05, 4.69) is 10.6 Å². The third-order valence-corrected chi connectivity index (χ3v) is 4.35. The molecule has 0 saturated heterocycles. The number of carbonyl (C=O) groups excluding carboxylic acids is 2. The maximum Gasteiger partial charge on any atom is 0.265 e. The molecule has 0 spiro atoms. The molecule has 2 amide bonds. The minimum atomic E-state index is -0.789. The standard InChI is InChI=1S/C24H23FN2O4/c1-3-30-22-7-5-4-6-21(22)27-24(29)17-8-14-20(15-9-17)31-16(2)23(28)26-19-12-10-18(25)11-13-19/h4-16H,3H2,1-2H3,(H,26,28)(H,27,29). The summed E-state index contributed by atoms with van der Waals surface area (Å²) in [4.78, 5) is 24.8. The van der Waals surface area contributed by atoms with Crippen molar-refractivity contribution >= 4 is 23.2 Å². The number of hydrogen-bond acceptors (Lipinski definition) is 4. The summed E-state index contributed by atoms with van der Waals surface area (Å²) < 4.78 is 24.1. The van der Waals surface area contributed by atoms with Gasteiger partial charge in [0.05, 0.1) is 12.3 Å². The summed E-state index contributed by atoms with van der Waals surface area (Å²) in [6.07, 6.45) is -0.789. The third kappa shape index (κ3) is 6.05. The van der Waals surface area contributed by atoms with Crippen molar-refractivity contribution in [3.05, 3.63) is 84.2 Å². The summed E-state index contributed by atoms with van der Waals surface area (Å²) in [7, 11) is 0. The second-order valence-electron chi connectivity index (χ2n) is 6.66. The van der Waals surface area contributed by atoms with Crippen molar-refractivity contribution in [2.75, 3.05) is 17.2 Å². The van der Waals surface area contributed by atoms with Crippen LogP contribution >= 0.6 is 0 Å². The van der Waals surface area contributed by atoms with Gasteiger partial charge in [-0.15, -0.1) is 0 Å². The van der Waals surface area contributed by atoms with Crippen molar-refractivity contribution in [3.63, 3.8) is 0 Å². The first-order valence-electron chi connectivity index (χ1n) is 9.82. The van der Waals surface area contributed by atoms with Crippen LogP contribution in [0.4, 0.5) is 15.8 Å². The Morgan fingerprint density at radius 2 is 1.61 bits per heavy atom. The van der Waals surface area contributed by atoms with Gasteiger partial charge in [0.1, 0.15) is 17.3 Å². The van der Waals surface area contributed by atoms with E-state index in [1.807, 2.05) is 19.1 Å². The molecule has 160 valence electrons. The summed E-state index contributed by atoms with van der Waals surface area (Å²) in [5, 5.41) is 5.48. The molecule has 0 aliphatic heterocycles. The first-order chi connectivity index (χ1) is 15.0. The second kappa shape index (κ2) is 10.2. The van der Waals surface area contributed by atoms with E-state index in [0.29, 0.717) is 35.0 Å². The molecule has 0 aromatic heterocycles. The fourth-order valence-corrected chi connectivity index (χ4v) is 2.77. The van der Waals surface area contributed by atoms with Crippen LogP contribution in [0, 0.1) is 5.82 Å². The van der Waals surface area contributed by atoms with Crippen LogP contribution in [0.25, 0.3) is 0 Å². The molecular weight excluding hydrogens is 399 g/mol. The van der Waals surface area contributed by atoms with Crippen LogP contribution < -0.4 is 20.1 Å². The number of benzene rings is 3. The van der Waals surface area contributed by atoms with Gasteiger partial charge in [0.2, 0.25) is 0 Å². The Labute approximate surface area is 180 Å². The number of para-hydroxylation sites is 2. The average Bonchev–Trinajstić information content (AvgIpc) is 2.77. The number of amides is 2. The van der Waals surface area contributed by atoms with Gasteiger partial charge < -0.3 is 20.1 Å². The maximum atomic E-state index is 13.0. The highest BCUT2D eigenvalue weighted by Gasteiger charge is 2.16. The van der Waals surface area contributed by atoms with Crippen molar-refractivity contribution in [1.29, 1.82) is 0 Å². The van der Waals surface area contributed by atoms with Gasteiger partial charge in [-0.05, 0) is 74.5 Å². The van der Waals surface area contributed by atoms with Gasteiger partial charge >= 0.3 is 0 Å². The Balaban J connectivity index is 1.58.